The molecule has 1 amide bonds. The van der Waals surface area contributed by atoms with Crippen molar-refractivity contribution in [1.82, 2.24) is 4.90 Å². The number of rotatable bonds is 7. The molecule has 0 bridgehead atoms. The summed E-state index contributed by atoms with van der Waals surface area (Å²) in [6.07, 6.45) is 1.22. The molecule has 4 heteroatoms. The Morgan fingerprint density at radius 1 is 1.19 bits per heavy atom. The van der Waals surface area contributed by atoms with Crippen LogP contribution in [0.3, 0.4) is 0 Å². The number of carbonyl (C=O) groups excluding carboxylic acids is 2. The Morgan fingerprint density at radius 2 is 1.81 bits per heavy atom. The number of methoxy groups -OCH3 is 1. The molecule has 116 valence electrons. The summed E-state index contributed by atoms with van der Waals surface area (Å²) in [6.45, 7) is 6.23. The molecule has 0 saturated heterocycles. The summed E-state index contributed by atoms with van der Waals surface area (Å²) in [7, 11) is 1.37. The smallest absolute Gasteiger partial charge is 0.310 e. The van der Waals surface area contributed by atoms with Crippen LogP contribution in [0.15, 0.2) is 30.3 Å². The van der Waals surface area contributed by atoms with Gasteiger partial charge in [0.25, 0.3) is 0 Å². The van der Waals surface area contributed by atoms with Crippen LogP contribution in [0.5, 0.6) is 0 Å². The van der Waals surface area contributed by atoms with E-state index in [0.29, 0.717) is 13.0 Å². The molecule has 0 aliphatic rings. The lowest BCUT2D eigenvalue weighted by molar-refractivity contribution is -0.146. The number of amides is 1. The van der Waals surface area contributed by atoms with E-state index in [4.69, 9.17) is 4.74 Å². The van der Waals surface area contributed by atoms with Gasteiger partial charge in [-0.05, 0) is 18.9 Å². The second-order valence-electron chi connectivity index (χ2n) is 5.39. The minimum Gasteiger partial charge on any atom is -0.469 e. The third-order valence-corrected chi connectivity index (χ3v) is 3.72. The fraction of sp³-hybridized carbons (Fsp3) is 0.529. The molecule has 0 fully saturated rings. The minimum atomic E-state index is -0.316. The maximum Gasteiger partial charge on any atom is 0.310 e. The Morgan fingerprint density at radius 3 is 2.33 bits per heavy atom. The highest BCUT2D eigenvalue weighted by atomic mass is 16.5. The van der Waals surface area contributed by atoms with E-state index in [1.54, 1.807) is 11.8 Å². The van der Waals surface area contributed by atoms with Crippen molar-refractivity contribution in [3.8, 4) is 0 Å². The SMILES string of the molecule is CCC(C)N(CC(C)C(=O)OC)C(=O)Cc1ccccc1. The largest absolute Gasteiger partial charge is 0.469 e. The van der Waals surface area contributed by atoms with Gasteiger partial charge in [-0.25, -0.2) is 0 Å². The van der Waals surface area contributed by atoms with Crippen molar-refractivity contribution in [2.45, 2.75) is 39.7 Å². The topological polar surface area (TPSA) is 46.6 Å². The van der Waals surface area contributed by atoms with Gasteiger partial charge in [0.05, 0.1) is 19.4 Å². The molecule has 0 aliphatic carbocycles. The summed E-state index contributed by atoms with van der Waals surface area (Å²) in [6, 6.07) is 9.76. The van der Waals surface area contributed by atoms with Crippen LogP contribution in [0.1, 0.15) is 32.8 Å². The predicted octanol–water partition coefficient (Wildman–Crippen LogP) is 2.67. The molecule has 0 radical (unpaired) electrons. The Balaban J connectivity index is 2.77. The number of ether oxygens (including phenoxy) is 1. The lowest BCUT2D eigenvalue weighted by Crippen LogP contribution is -2.43. The molecular weight excluding hydrogens is 266 g/mol. The number of hydrogen-bond donors (Lipinski definition) is 0. The zero-order chi connectivity index (χ0) is 15.8. The summed E-state index contributed by atoms with van der Waals surface area (Å²) in [5.74, 6) is -0.550. The zero-order valence-electron chi connectivity index (χ0n) is 13.3. The predicted molar refractivity (Wildman–Crippen MR) is 82.8 cm³/mol. The fourth-order valence-corrected chi connectivity index (χ4v) is 2.19. The van der Waals surface area contributed by atoms with Gasteiger partial charge < -0.3 is 9.64 Å². The van der Waals surface area contributed by atoms with Crippen LogP contribution in [-0.4, -0.2) is 36.5 Å². The second-order valence-corrected chi connectivity index (χ2v) is 5.39. The van der Waals surface area contributed by atoms with Gasteiger partial charge in [0.1, 0.15) is 0 Å². The Kier molecular flexibility index (Phi) is 6.92. The fourth-order valence-electron chi connectivity index (χ4n) is 2.19. The van der Waals surface area contributed by atoms with Crippen LogP contribution < -0.4 is 0 Å². The molecule has 2 unspecified atom stereocenters. The van der Waals surface area contributed by atoms with Crippen molar-refractivity contribution in [2.24, 2.45) is 5.92 Å². The van der Waals surface area contributed by atoms with Crippen LogP contribution in [0, 0.1) is 5.92 Å². The van der Waals surface area contributed by atoms with Crippen molar-refractivity contribution < 1.29 is 14.3 Å². The van der Waals surface area contributed by atoms with E-state index >= 15 is 0 Å². The maximum absolute atomic E-state index is 12.5. The summed E-state index contributed by atoms with van der Waals surface area (Å²) in [5, 5.41) is 0. The van der Waals surface area contributed by atoms with Gasteiger partial charge in [0.15, 0.2) is 0 Å². The van der Waals surface area contributed by atoms with Gasteiger partial charge in [-0.15, -0.1) is 0 Å². The molecule has 1 aromatic carbocycles. The molecule has 0 heterocycles. The van der Waals surface area contributed by atoms with Gasteiger partial charge in [0, 0.05) is 12.6 Å². The van der Waals surface area contributed by atoms with Crippen molar-refractivity contribution in [3.05, 3.63) is 35.9 Å². The summed E-state index contributed by atoms with van der Waals surface area (Å²) >= 11 is 0. The number of nitrogens with zero attached hydrogens (tertiary/aromatic N) is 1. The summed E-state index contributed by atoms with van der Waals surface area (Å²) in [5.41, 5.74) is 0.988. The average Bonchev–Trinajstić information content (AvgIpc) is 2.51. The van der Waals surface area contributed by atoms with Gasteiger partial charge in [0.2, 0.25) is 5.91 Å². The highest BCUT2D eigenvalue weighted by Gasteiger charge is 2.24. The number of benzene rings is 1. The van der Waals surface area contributed by atoms with Crippen LogP contribution in [0.25, 0.3) is 0 Å². The van der Waals surface area contributed by atoms with E-state index in [1.807, 2.05) is 44.2 Å². The Bertz CT molecular complexity index is 458. The first kappa shape index (κ1) is 17.2. The second kappa shape index (κ2) is 8.45. The number of esters is 1. The molecular formula is C17H25NO3. The molecule has 2 atom stereocenters. The Labute approximate surface area is 127 Å². The van der Waals surface area contributed by atoms with E-state index in [-0.39, 0.29) is 23.8 Å². The number of carbonyl (C=O) groups is 2. The van der Waals surface area contributed by atoms with E-state index in [0.717, 1.165) is 12.0 Å². The van der Waals surface area contributed by atoms with Gasteiger partial charge in [-0.1, -0.05) is 44.2 Å². The van der Waals surface area contributed by atoms with Gasteiger partial charge in [-0.2, -0.15) is 0 Å². The van der Waals surface area contributed by atoms with E-state index in [9.17, 15) is 9.59 Å². The zero-order valence-corrected chi connectivity index (χ0v) is 13.3. The number of hydrogen-bond acceptors (Lipinski definition) is 3. The third kappa shape index (κ3) is 5.21. The summed E-state index contributed by atoms with van der Waals surface area (Å²) < 4.78 is 4.75. The monoisotopic (exact) mass is 291 g/mol. The first-order chi connectivity index (χ1) is 9.99. The standard InChI is InChI=1S/C17H25NO3/c1-5-14(3)18(12-13(2)17(20)21-4)16(19)11-15-9-7-6-8-10-15/h6-10,13-14H,5,11-12H2,1-4H3. The van der Waals surface area contributed by atoms with Crippen LogP contribution >= 0.6 is 0 Å². The van der Waals surface area contributed by atoms with E-state index in [2.05, 4.69) is 0 Å². The average molecular weight is 291 g/mol. The molecule has 0 spiro atoms. The van der Waals surface area contributed by atoms with Crippen molar-refractivity contribution >= 4 is 11.9 Å². The minimum absolute atomic E-state index is 0.0475. The molecule has 21 heavy (non-hydrogen) atoms. The van der Waals surface area contributed by atoms with Gasteiger partial charge in [-0.3, -0.25) is 9.59 Å². The molecule has 4 nitrogen and oxygen atoms in total. The first-order valence-electron chi connectivity index (χ1n) is 7.40. The van der Waals surface area contributed by atoms with Crippen LogP contribution in [-0.2, 0) is 20.7 Å². The van der Waals surface area contributed by atoms with Crippen molar-refractivity contribution in [3.63, 3.8) is 0 Å². The molecule has 0 N–H and O–H groups in total. The van der Waals surface area contributed by atoms with Crippen LogP contribution in [0.4, 0.5) is 0 Å². The van der Waals surface area contributed by atoms with E-state index in [1.165, 1.54) is 7.11 Å². The van der Waals surface area contributed by atoms with Crippen molar-refractivity contribution in [2.75, 3.05) is 13.7 Å². The molecule has 1 rings (SSSR count). The quantitative estimate of drug-likeness (QED) is 0.726. The highest BCUT2D eigenvalue weighted by Crippen LogP contribution is 2.12. The lowest BCUT2D eigenvalue weighted by Gasteiger charge is -2.30. The van der Waals surface area contributed by atoms with Crippen molar-refractivity contribution in [1.29, 1.82) is 0 Å². The third-order valence-electron chi connectivity index (χ3n) is 3.72. The van der Waals surface area contributed by atoms with E-state index < -0.39 is 0 Å². The lowest BCUT2D eigenvalue weighted by atomic mass is 10.1. The first-order valence-corrected chi connectivity index (χ1v) is 7.40. The molecule has 0 aromatic heterocycles. The Hall–Kier alpha value is -1.84. The molecule has 0 saturated carbocycles. The normalized spacial score (nSPS) is 13.3. The van der Waals surface area contributed by atoms with Gasteiger partial charge >= 0.3 is 5.97 Å². The highest BCUT2D eigenvalue weighted by molar-refractivity contribution is 5.80. The summed E-state index contributed by atoms with van der Waals surface area (Å²) in [4.78, 5) is 25.9. The molecule has 1 aromatic rings. The molecule has 0 aliphatic heterocycles. The maximum atomic E-state index is 12.5. The van der Waals surface area contributed by atoms with Crippen LogP contribution in [0.2, 0.25) is 0 Å².